The van der Waals surface area contributed by atoms with Crippen molar-refractivity contribution in [3.63, 3.8) is 0 Å². The van der Waals surface area contributed by atoms with Crippen molar-refractivity contribution in [3.8, 4) is 16.9 Å². The van der Waals surface area contributed by atoms with Gasteiger partial charge in [0.15, 0.2) is 0 Å². The fourth-order valence-corrected chi connectivity index (χ4v) is 5.51. The van der Waals surface area contributed by atoms with Gasteiger partial charge in [-0.2, -0.15) is 0 Å². The van der Waals surface area contributed by atoms with Crippen LogP contribution in [0.3, 0.4) is 0 Å². The van der Waals surface area contributed by atoms with Crippen LogP contribution in [0.4, 0.5) is 11.4 Å². The Bertz CT molecular complexity index is 1370. The monoisotopic (exact) mass is 614 g/mol. The molecule has 1 unspecified atom stereocenters. The first kappa shape index (κ1) is 32.5. The third-order valence-corrected chi connectivity index (χ3v) is 7.90. The van der Waals surface area contributed by atoms with E-state index < -0.39 is 5.60 Å². The highest BCUT2D eigenvalue weighted by molar-refractivity contribution is 5.81. The molecule has 45 heavy (non-hydrogen) atoms. The lowest BCUT2D eigenvalue weighted by Crippen LogP contribution is -2.52. The van der Waals surface area contributed by atoms with E-state index in [1.54, 1.807) is 0 Å². The van der Waals surface area contributed by atoms with E-state index in [-0.39, 0.29) is 24.5 Å². The molecule has 2 aliphatic heterocycles. The second-order valence-corrected chi connectivity index (χ2v) is 12.6. The molecule has 2 aliphatic rings. The summed E-state index contributed by atoms with van der Waals surface area (Å²) in [5.74, 6) is 0.743. The van der Waals surface area contributed by atoms with Crippen LogP contribution < -0.4 is 15.4 Å². The molecule has 9 nitrogen and oxygen atoms in total. The van der Waals surface area contributed by atoms with E-state index >= 15 is 0 Å². The third-order valence-electron chi connectivity index (χ3n) is 7.90. The van der Waals surface area contributed by atoms with Crippen LogP contribution in [0, 0.1) is 0 Å². The highest BCUT2D eigenvalue weighted by atomic mass is 16.6. The van der Waals surface area contributed by atoms with Crippen LogP contribution in [0.2, 0.25) is 0 Å². The second kappa shape index (κ2) is 15.4. The van der Waals surface area contributed by atoms with Crippen molar-refractivity contribution in [1.82, 2.24) is 15.1 Å². The van der Waals surface area contributed by atoms with Crippen molar-refractivity contribution in [3.05, 3.63) is 78.4 Å². The van der Waals surface area contributed by atoms with Crippen molar-refractivity contribution in [2.45, 2.75) is 51.9 Å². The number of rotatable bonds is 12. The summed E-state index contributed by atoms with van der Waals surface area (Å²) in [5, 5.41) is 6.60. The van der Waals surface area contributed by atoms with Gasteiger partial charge in [0.1, 0.15) is 24.1 Å². The van der Waals surface area contributed by atoms with Gasteiger partial charge in [0.2, 0.25) is 0 Å². The summed E-state index contributed by atoms with van der Waals surface area (Å²) in [4.78, 5) is 28.7. The van der Waals surface area contributed by atoms with Crippen LogP contribution in [-0.2, 0) is 25.6 Å². The zero-order valence-corrected chi connectivity index (χ0v) is 26.7. The summed E-state index contributed by atoms with van der Waals surface area (Å²) in [6.45, 7) is 11.8. The van der Waals surface area contributed by atoms with Gasteiger partial charge in [0.25, 0.3) is 5.91 Å². The minimum atomic E-state index is -0.473. The maximum Gasteiger partial charge on any atom is 0.320 e. The lowest BCUT2D eigenvalue weighted by molar-refractivity contribution is -0.153. The van der Waals surface area contributed by atoms with Gasteiger partial charge in [-0.25, -0.2) is 0 Å². The SMILES string of the molecule is CC(C)(C)OC(=O)CNCc1ccc(-c2ccc(Nc3ccc(OCCN4CCN(C(=O)C5CCCO5)CC4)cc3)cc2)cc1. The van der Waals surface area contributed by atoms with Gasteiger partial charge in [-0.1, -0.05) is 36.4 Å². The number of carbonyl (C=O) groups is 2. The molecule has 3 aromatic carbocycles. The number of nitrogens with one attached hydrogen (secondary N) is 2. The Hall–Kier alpha value is -3.92. The molecular weight excluding hydrogens is 568 g/mol. The van der Waals surface area contributed by atoms with Crippen molar-refractivity contribution in [2.75, 3.05) is 57.8 Å². The minimum absolute atomic E-state index is 0.154. The van der Waals surface area contributed by atoms with E-state index in [9.17, 15) is 9.59 Å². The number of benzene rings is 3. The molecule has 0 aliphatic carbocycles. The molecular formula is C36H46N4O5. The molecule has 2 saturated heterocycles. The molecule has 0 bridgehead atoms. The Balaban J connectivity index is 1.00. The average molecular weight is 615 g/mol. The summed E-state index contributed by atoms with van der Waals surface area (Å²) in [7, 11) is 0. The standard InChI is InChI=1S/C36H46N4O5/c1-36(2,3)45-34(41)26-37-25-27-6-8-28(9-7-27)29-10-12-30(13-11-29)38-31-14-16-32(17-15-31)43-24-22-39-18-20-40(21-19-39)35(42)33-5-4-23-44-33/h6-17,33,37-38H,4-5,18-26H2,1-3H3. The predicted molar refractivity (Wildman–Crippen MR) is 177 cm³/mol. The van der Waals surface area contributed by atoms with Gasteiger partial charge in [-0.05, 0) is 86.7 Å². The Labute approximate surface area is 266 Å². The Morgan fingerprint density at radius 2 is 1.49 bits per heavy atom. The molecule has 1 atom stereocenters. The van der Waals surface area contributed by atoms with Crippen LogP contribution >= 0.6 is 0 Å². The van der Waals surface area contributed by atoms with Crippen LogP contribution in [-0.4, -0.2) is 85.9 Å². The number of nitrogens with zero attached hydrogens (tertiary/aromatic N) is 2. The molecule has 1 amide bonds. The van der Waals surface area contributed by atoms with Gasteiger partial charge in [-0.15, -0.1) is 0 Å². The van der Waals surface area contributed by atoms with Crippen LogP contribution in [0.15, 0.2) is 72.8 Å². The molecule has 2 heterocycles. The van der Waals surface area contributed by atoms with Gasteiger partial charge < -0.3 is 29.7 Å². The number of hydrogen-bond donors (Lipinski definition) is 2. The van der Waals surface area contributed by atoms with Crippen molar-refractivity contribution >= 4 is 23.3 Å². The Morgan fingerprint density at radius 3 is 2.09 bits per heavy atom. The molecule has 0 spiro atoms. The van der Waals surface area contributed by atoms with Crippen LogP contribution in [0.1, 0.15) is 39.2 Å². The lowest BCUT2D eigenvalue weighted by Gasteiger charge is -2.35. The predicted octanol–water partition coefficient (Wildman–Crippen LogP) is 5.23. The summed E-state index contributed by atoms with van der Waals surface area (Å²) in [6.07, 6.45) is 1.60. The second-order valence-electron chi connectivity index (χ2n) is 12.6. The molecule has 0 aromatic heterocycles. The molecule has 240 valence electrons. The summed E-state index contributed by atoms with van der Waals surface area (Å²) >= 11 is 0. The first-order chi connectivity index (χ1) is 21.7. The normalized spacial score (nSPS) is 17.2. The average Bonchev–Trinajstić information content (AvgIpc) is 3.57. The van der Waals surface area contributed by atoms with E-state index in [2.05, 4.69) is 64.1 Å². The van der Waals surface area contributed by atoms with Crippen molar-refractivity contribution < 1.29 is 23.8 Å². The first-order valence-electron chi connectivity index (χ1n) is 16.0. The largest absolute Gasteiger partial charge is 0.492 e. The number of anilines is 2. The van der Waals surface area contributed by atoms with E-state index in [0.29, 0.717) is 19.8 Å². The topological polar surface area (TPSA) is 92.4 Å². The van der Waals surface area contributed by atoms with Gasteiger partial charge in [0.05, 0.1) is 6.54 Å². The lowest BCUT2D eigenvalue weighted by atomic mass is 10.0. The minimum Gasteiger partial charge on any atom is -0.492 e. The fourth-order valence-electron chi connectivity index (χ4n) is 5.51. The Morgan fingerprint density at radius 1 is 0.867 bits per heavy atom. The van der Waals surface area contributed by atoms with Crippen LogP contribution in [0.5, 0.6) is 5.75 Å². The molecule has 0 radical (unpaired) electrons. The highest BCUT2D eigenvalue weighted by Crippen LogP contribution is 2.25. The molecule has 3 aromatic rings. The van der Waals surface area contributed by atoms with Crippen LogP contribution in [0.25, 0.3) is 11.1 Å². The zero-order chi connectivity index (χ0) is 31.6. The van der Waals surface area contributed by atoms with E-state index in [1.165, 1.54) is 0 Å². The number of ether oxygens (including phenoxy) is 3. The molecule has 2 N–H and O–H groups in total. The van der Waals surface area contributed by atoms with Gasteiger partial charge in [0, 0.05) is 57.3 Å². The third kappa shape index (κ3) is 10.0. The summed E-state index contributed by atoms with van der Waals surface area (Å²) in [6, 6.07) is 24.7. The summed E-state index contributed by atoms with van der Waals surface area (Å²) in [5.41, 5.74) is 4.90. The van der Waals surface area contributed by atoms with Gasteiger partial charge in [-0.3, -0.25) is 14.5 Å². The van der Waals surface area contributed by atoms with E-state index in [1.807, 2.05) is 49.9 Å². The highest BCUT2D eigenvalue weighted by Gasteiger charge is 2.30. The zero-order valence-electron chi connectivity index (χ0n) is 26.7. The fraction of sp³-hybridized carbons (Fsp3) is 0.444. The molecule has 9 heteroatoms. The molecule has 0 saturated carbocycles. The number of piperazine rings is 1. The number of esters is 1. The smallest absolute Gasteiger partial charge is 0.320 e. The quantitative estimate of drug-likeness (QED) is 0.268. The van der Waals surface area contributed by atoms with Crippen molar-refractivity contribution in [2.24, 2.45) is 0 Å². The maximum absolute atomic E-state index is 12.5. The first-order valence-corrected chi connectivity index (χ1v) is 16.0. The number of carbonyl (C=O) groups excluding carboxylic acids is 2. The van der Waals surface area contributed by atoms with Crippen molar-refractivity contribution in [1.29, 1.82) is 0 Å². The van der Waals surface area contributed by atoms with E-state index in [0.717, 1.165) is 79.4 Å². The summed E-state index contributed by atoms with van der Waals surface area (Å²) < 4.78 is 16.9. The van der Waals surface area contributed by atoms with E-state index in [4.69, 9.17) is 14.2 Å². The number of amides is 1. The molecule has 2 fully saturated rings. The Kier molecular flexibility index (Phi) is 11.1. The van der Waals surface area contributed by atoms with Gasteiger partial charge >= 0.3 is 5.97 Å². The molecule has 5 rings (SSSR count). The number of hydrogen-bond acceptors (Lipinski definition) is 8. The maximum atomic E-state index is 12.5.